The van der Waals surface area contributed by atoms with Gasteiger partial charge in [0, 0.05) is 0 Å². The van der Waals surface area contributed by atoms with Crippen LogP contribution in [0.15, 0.2) is 170 Å². The molecule has 0 atom stereocenters. The molecular formula is C49H28BCl3F18Si. The molecule has 0 aliphatic rings. The van der Waals surface area contributed by atoms with E-state index < -0.39 is 123 Å². The van der Waals surface area contributed by atoms with Crippen LogP contribution in [0.25, 0.3) is 0 Å². The van der Waals surface area contributed by atoms with Gasteiger partial charge in [0.15, 0.2) is 0 Å². The van der Waals surface area contributed by atoms with Crippen LogP contribution in [0, 0.1) is 5.92 Å². The maximum absolute atomic E-state index is 14.2. The second-order valence-electron chi connectivity index (χ2n) is 16.0. The first kappa shape index (κ1) is 55.6. The predicted molar refractivity (Wildman–Crippen MR) is 243 cm³/mol. The van der Waals surface area contributed by atoms with Gasteiger partial charge in [0.1, 0.15) is 6.15 Å². The first-order valence-corrected chi connectivity index (χ1v) is 25.4. The summed E-state index contributed by atoms with van der Waals surface area (Å²) >= 11 is 17.8. The van der Waals surface area contributed by atoms with E-state index in [1.807, 2.05) is 0 Å². The molecule has 0 fully saturated rings. The average Bonchev–Trinajstić information content (AvgIpc) is 3.29. The maximum atomic E-state index is 14.2. The third kappa shape index (κ3) is 12.7. The lowest BCUT2D eigenvalue weighted by atomic mass is 9.12. The third-order valence-corrected chi connectivity index (χ3v) is 14.2. The van der Waals surface area contributed by atoms with Crippen LogP contribution in [-0.4, -0.2) is 12.1 Å². The molecule has 0 saturated heterocycles. The molecule has 7 rings (SSSR count). The lowest BCUT2D eigenvalue weighted by molar-refractivity contribution is -0.144. The Morgan fingerprint density at radius 1 is 0.292 bits per heavy atom. The highest BCUT2D eigenvalue weighted by Crippen LogP contribution is 2.40. The van der Waals surface area contributed by atoms with Crippen LogP contribution in [0.4, 0.5) is 79.0 Å². The average molecular weight is 1100 g/mol. The van der Waals surface area contributed by atoms with E-state index >= 15 is 0 Å². The van der Waals surface area contributed by atoms with Gasteiger partial charge in [-0.2, -0.15) is 101 Å². The van der Waals surface area contributed by atoms with Crippen LogP contribution < -0.4 is 27.0 Å². The SMILES string of the molecule is FC(F)(F)c1cc([B-](c2ccc([Si](Cl)(Cl)Cl)cc2)(c2cc(C(F)(F)F)cc(C(F)(F)F)c2)c2cc(C(F)(F)F)cc(C(F)(F)F)c2)cc(C(F)(F)F)c1.c1ccc([C+](c2ccccc2)c2ccccc2)cc1. The fourth-order valence-corrected chi connectivity index (χ4v) is 9.80. The summed E-state index contributed by atoms with van der Waals surface area (Å²) in [5.74, 6) is 1.28. The van der Waals surface area contributed by atoms with Crippen molar-refractivity contribution in [3.8, 4) is 0 Å². The highest BCUT2D eigenvalue weighted by molar-refractivity contribution is 7.69. The Kier molecular flexibility index (Phi) is 15.7. The van der Waals surface area contributed by atoms with Crippen molar-refractivity contribution < 1.29 is 79.0 Å². The molecule has 0 N–H and O–H groups in total. The first-order valence-electron chi connectivity index (χ1n) is 20.4. The van der Waals surface area contributed by atoms with E-state index in [9.17, 15) is 79.0 Å². The summed E-state index contributed by atoms with van der Waals surface area (Å²) in [6.07, 6.45) is -39.6. The molecule has 0 saturated carbocycles. The van der Waals surface area contributed by atoms with Gasteiger partial charge in [-0.05, 0) is 96.2 Å². The van der Waals surface area contributed by atoms with Crippen molar-refractivity contribution in [2.24, 2.45) is 0 Å². The molecule has 0 aliphatic heterocycles. The molecule has 0 aliphatic carbocycles. The van der Waals surface area contributed by atoms with Gasteiger partial charge in [0.05, 0.1) is 56.0 Å². The number of halogens is 21. The summed E-state index contributed by atoms with van der Waals surface area (Å²) in [5, 5.41) is -0.281. The summed E-state index contributed by atoms with van der Waals surface area (Å²) in [4.78, 5) is 0. The standard InChI is InChI=1S/C30H13BCl3F18Si.C19H15/c32-53(33,34)24-3-1-20(2-4-24)31(21-8-14(25(35,36)37)5-15(9-21)26(38,39)40,22-10-16(27(41,42)43)6-17(11-22)28(44,45)46)23-12-18(29(47,48)49)7-19(13-23)30(50,51)52;1-4-10-16(11-5-1)19(17-12-6-2-7-13-17)18-14-8-3-9-15-18/h1-13H;1-15H/q-1;+1. The Morgan fingerprint density at radius 2 is 0.514 bits per heavy atom. The number of rotatable bonds is 8. The number of hydrogen-bond acceptors (Lipinski definition) is 0. The molecule has 0 nitrogen and oxygen atoms in total. The largest absolute Gasteiger partial charge is 0.416 e. The fourth-order valence-electron chi connectivity index (χ4n) is 8.12. The fraction of sp³-hybridized carbons (Fsp3) is 0.122. The summed E-state index contributed by atoms with van der Waals surface area (Å²) in [6, 6.07) is 27.3. The minimum atomic E-state index is -5.79. The van der Waals surface area contributed by atoms with E-state index in [-0.39, 0.29) is 41.6 Å². The van der Waals surface area contributed by atoms with Gasteiger partial charge >= 0.3 is 43.1 Å². The van der Waals surface area contributed by atoms with Crippen LogP contribution in [0.2, 0.25) is 0 Å². The molecule has 0 aromatic heterocycles. The monoisotopic (exact) mass is 1100 g/mol. The van der Waals surface area contributed by atoms with E-state index in [4.69, 9.17) is 33.2 Å². The van der Waals surface area contributed by atoms with Crippen LogP contribution in [0.3, 0.4) is 0 Å². The van der Waals surface area contributed by atoms with Gasteiger partial charge in [-0.1, -0.05) is 78.9 Å². The quantitative estimate of drug-likeness (QED) is 0.0468. The lowest BCUT2D eigenvalue weighted by Crippen LogP contribution is -2.75. The topological polar surface area (TPSA) is 0 Å². The summed E-state index contributed by atoms with van der Waals surface area (Å²) < 4.78 is 256. The van der Waals surface area contributed by atoms with Crippen molar-refractivity contribution >= 4 is 72.4 Å². The molecule has 0 spiro atoms. The molecule has 378 valence electrons. The van der Waals surface area contributed by atoms with Crippen molar-refractivity contribution in [2.75, 3.05) is 0 Å². The number of benzene rings is 7. The van der Waals surface area contributed by atoms with E-state index in [0.29, 0.717) is 12.1 Å². The van der Waals surface area contributed by atoms with Crippen molar-refractivity contribution in [3.05, 3.63) is 226 Å². The molecule has 0 heterocycles. The Balaban J connectivity index is 0.000000368. The normalized spacial score (nSPS) is 13.1. The minimum Gasteiger partial charge on any atom is -0.195 e. The second-order valence-corrected chi connectivity index (χ2v) is 24.4. The summed E-state index contributed by atoms with van der Waals surface area (Å²) in [5.41, 5.74) is -15.6. The summed E-state index contributed by atoms with van der Waals surface area (Å²) in [7, 11) is 0. The molecule has 0 radical (unpaired) electrons. The van der Waals surface area contributed by atoms with Crippen molar-refractivity contribution in [1.29, 1.82) is 0 Å². The Morgan fingerprint density at radius 3 is 0.708 bits per heavy atom. The van der Waals surface area contributed by atoms with E-state index in [1.54, 1.807) is 0 Å². The van der Waals surface area contributed by atoms with E-state index in [2.05, 4.69) is 91.0 Å². The molecule has 0 bridgehead atoms. The predicted octanol–water partition coefficient (Wildman–Crippen LogP) is 14.7. The van der Waals surface area contributed by atoms with Crippen molar-refractivity contribution in [1.82, 2.24) is 0 Å². The molecule has 0 unspecified atom stereocenters. The number of alkyl halides is 18. The third-order valence-electron chi connectivity index (χ3n) is 11.3. The van der Waals surface area contributed by atoms with E-state index in [1.165, 1.54) is 22.6 Å². The lowest BCUT2D eigenvalue weighted by Gasteiger charge is -2.46. The molecular weight excluding hydrogens is 1080 g/mol. The Labute approximate surface area is 412 Å². The van der Waals surface area contributed by atoms with Gasteiger partial charge in [-0.3, -0.25) is 0 Å². The molecule has 7 aromatic carbocycles. The van der Waals surface area contributed by atoms with Gasteiger partial charge in [-0.15, -0.1) is 33.2 Å². The molecule has 72 heavy (non-hydrogen) atoms. The van der Waals surface area contributed by atoms with Gasteiger partial charge in [0.2, 0.25) is 0 Å². The smallest absolute Gasteiger partial charge is 0.195 e. The second kappa shape index (κ2) is 20.3. The van der Waals surface area contributed by atoms with Crippen LogP contribution in [0.1, 0.15) is 50.1 Å². The molecule has 7 aromatic rings. The van der Waals surface area contributed by atoms with Crippen molar-refractivity contribution in [2.45, 2.75) is 37.1 Å². The molecule has 23 heteroatoms. The zero-order valence-electron chi connectivity index (χ0n) is 35.7. The highest BCUT2D eigenvalue weighted by atomic mass is 35.8. The van der Waals surface area contributed by atoms with Crippen molar-refractivity contribution in [3.63, 3.8) is 0 Å². The zero-order valence-corrected chi connectivity index (χ0v) is 38.9. The highest BCUT2D eigenvalue weighted by Gasteiger charge is 2.45. The maximum Gasteiger partial charge on any atom is 0.416 e. The van der Waals surface area contributed by atoms with Crippen LogP contribution in [-0.2, 0) is 37.1 Å². The Bertz CT molecular complexity index is 2590. The first-order chi connectivity index (χ1) is 33.1. The van der Waals surface area contributed by atoms with Gasteiger partial charge < -0.3 is 0 Å². The minimum absolute atomic E-state index is 0.228. The van der Waals surface area contributed by atoms with E-state index in [0.717, 1.165) is 12.1 Å². The van der Waals surface area contributed by atoms with Gasteiger partial charge in [-0.25, -0.2) is 0 Å². The van der Waals surface area contributed by atoms with Crippen LogP contribution in [0.5, 0.6) is 0 Å². The molecule has 0 amide bonds. The number of hydrogen-bond donors (Lipinski definition) is 0. The Hall–Kier alpha value is -5.70. The van der Waals surface area contributed by atoms with Crippen LogP contribution >= 0.6 is 33.2 Å². The summed E-state index contributed by atoms with van der Waals surface area (Å²) in [6.45, 7) is 0. The van der Waals surface area contributed by atoms with Gasteiger partial charge in [0.25, 0.3) is 0 Å². The zero-order chi connectivity index (χ0) is 53.5.